The summed E-state index contributed by atoms with van der Waals surface area (Å²) in [5.41, 5.74) is 0.449. The van der Waals surface area contributed by atoms with Gasteiger partial charge < -0.3 is 0 Å². The Morgan fingerprint density at radius 1 is 1.09 bits per heavy atom. The molecule has 0 N–H and O–H groups in total. The summed E-state index contributed by atoms with van der Waals surface area (Å²) in [5.74, 6) is 1.06. The molecule has 1 aromatic carbocycles. The van der Waals surface area contributed by atoms with Crippen molar-refractivity contribution >= 4 is 0 Å². The van der Waals surface area contributed by atoms with E-state index in [2.05, 4.69) is 0 Å². The van der Waals surface area contributed by atoms with Crippen LogP contribution >= 0.6 is 0 Å². The van der Waals surface area contributed by atoms with Gasteiger partial charge in [0, 0.05) is 6.08 Å². The molecule has 0 bridgehead atoms. The molecule has 2 rings (SSSR count). The van der Waals surface area contributed by atoms with E-state index in [4.69, 9.17) is 5.26 Å². The molecule has 0 saturated heterocycles. The maximum Gasteiger partial charge on any atom is 0.416 e. The Balaban J connectivity index is 1.84. The van der Waals surface area contributed by atoms with Crippen molar-refractivity contribution in [3.05, 3.63) is 47.5 Å². The van der Waals surface area contributed by atoms with Gasteiger partial charge in [-0.05, 0) is 68.1 Å². The molecule has 0 heterocycles. The summed E-state index contributed by atoms with van der Waals surface area (Å²) in [6.45, 7) is 0. The van der Waals surface area contributed by atoms with E-state index < -0.39 is 11.7 Å². The highest BCUT2D eigenvalue weighted by Gasteiger charge is 2.30. The Bertz CT molecular complexity index is 529. The monoisotopic (exact) mass is 307 g/mol. The van der Waals surface area contributed by atoms with Crippen LogP contribution in [0.1, 0.15) is 55.6 Å². The molecular weight excluding hydrogens is 287 g/mol. The van der Waals surface area contributed by atoms with Crippen LogP contribution in [0.5, 0.6) is 0 Å². The van der Waals surface area contributed by atoms with Gasteiger partial charge in [0.25, 0.3) is 0 Å². The number of benzene rings is 1. The van der Waals surface area contributed by atoms with E-state index >= 15 is 0 Å². The van der Waals surface area contributed by atoms with Gasteiger partial charge in [-0.1, -0.05) is 18.2 Å². The van der Waals surface area contributed by atoms with Gasteiger partial charge in [-0.15, -0.1) is 0 Å². The van der Waals surface area contributed by atoms with Crippen LogP contribution in [0.4, 0.5) is 13.2 Å². The van der Waals surface area contributed by atoms with Gasteiger partial charge in [0.15, 0.2) is 0 Å². The van der Waals surface area contributed by atoms with E-state index in [1.54, 1.807) is 12.1 Å². The minimum Gasteiger partial charge on any atom is -0.193 e. The zero-order valence-electron chi connectivity index (χ0n) is 12.4. The SMILES string of the molecule is N#CC=CCCC1CCC(c2ccc(C(F)(F)F)cc2)CC1. The number of rotatable bonds is 4. The zero-order valence-corrected chi connectivity index (χ0v) is 12.4. The maximum absolute atomic E-state index is 12.6. The van der Waals surface area contributed by atoms with Crippen molar-refractivity contribution in [2.24, 2.45) is 5.92 Å². The highest BCUT2D eigenvalue weighted by Crippen LogP contribution is 2.38. The average Bonchev–Trinajstić information content (AvgIpc) is 2.51. The van der Waals surface area contributed by atoms with Crippen LogP contribution < -0.4 is 0 Å². The van der Waals surface area contributed by atoms with Crippen LogP contribution in [0.15, 0.2) is 36.4 Å². The number of hydrogen-bond acceptors (Lipinski definition) is 1. The highest BCUT2D eigenvalue weighted by atomic mass is 19.4. The summed E-state index contributed by atoms with van der Waals surface area (Å²) in [6, 6.07) is 7.62. The Kier molecular flexibility index (Phi) is 5.65. The lowest BCUT2D eigenvalue weighted by molar-refractivity contribution is -0.137. The second kappa shape index (κ2) is 7.49. The first-order valence-electron chi connectivity index (χ1n) is 7.72. The standard InChI is InChI=1S/C18H20F3N/c19-18(20,21)17-11-9-16(10-12-17)15-7-5-14(6-8-15)4-2-1-3-13-22/h1,3,9-12,14-15H,2,4-8H2. The molecule has 1 aromatic rings. The van der Waals surface area contributed by atoms with Crippen LogP contribution in [-0.4, -0.2) is 0 Å². The largest absolute Gasteiger partial charge is 0.416 e. The van der Waals surface area contributed by atoms with Crippen molar-refractivity contribution in [1.29, 1.82) is 5.26 Å². The molecule has 0 atom stereocenters. The van der Waals surface area contributed by atoms with Gasteiger partial charge >= 0.3 is 6.18 Å². The van der Waals surface area contributed by atoms with Crippen molar-refractivity contribution in [3.63, 3.8) is 0 Å². The van der Waals surface area contributed by atoms with E-state index in [0.29, 0.717) is 11.8 Å². The summed E-state index contributed by atoms with van der Waals surface area (Å²) in [5, 5.41) is 8.43. The Morgan fingerprint density at radius 3 is 2.27 bits per heavy atom. The molecule has 1 fully saturated rings. The fourth-order valence-corrected chi connectivity index (χ4v) is 3.20. The lowest BCUT2D eigenvalue weighted by Gasteiger charge is -2.28. The number of allylic oxidation sites excluding steroid dienone is 2. The van der Waals surface area contributed by atoms with Crippen molar-refractivity contribution in [2.75, 3.05) is 0 Å². The fraction of sp³-hybridized carbons (Fsp3) is 0.500. The summed E-state index contributed by atoms with van der Waals surface area (Å²) in [6.07, 6.45) is 5.51. The van der Waals surface area contributed by atoms with Crippen LogP contribution in [0.3, 0.4) is 0 Å². The van der Waals surface area contributed by atoms with E-state index in [-0.39, 0.29) is 0 Å². The zero-order chi connectivity index (χ0) is 16.0. The third-order valence-electron chi connectivity index (χ3n) is 4.49. The smallest absolute Gasteiger partial charge is 0.193 e. The first kappa shape index (κ1) is 16.6. The number of nitriles is 1. The molecule has 1 aliphatic carbocycles. The normalized spacial score (nSPS) is 22.6. The minimum atomic E-state index is -4.26. The van der Waals surface area contributed by atoms with Crippen LogP contribution in [0.2, 0.25) is 0 Å². The Labute approximate surface area is 129 Å². The van der Waals surface area contributed by atoms with Crippen molar-refractivity contribution in [1.82, 2.24) is 0 Å². The number of halogens is 3. The maximum atomic E-state index is 12.6. The van der Waals surface area contributed by atoms with Gasteiger partial charge in [0.2, 0.25) is 0 Å². The number of hydrogen-bond donors (Lipinski definition) is 0. The molecule has 0 aromatic heterocycles. The van der Waals surface area contributed by atoms with Crippen molar-refractivity contribution in [3.8, 4) is 6.07 Å². The van der Waals surface area contributed by atoms with Gasteiger partial charge in [0.05, 0.1) is 11.6 Å². The van der Waals surface area contributed by atoms with Crippen LogP contribution in [-0.2, 0) is 6.18 Å². The molecule has 22 heavy (non-hydrogen) atoms. The molecule has 1 nitrogen and oxygen atoms in total. The molecule has 118 valence electrons. The summed E-state index contributed by atoms with van der Waals surface area (Å²) < 4.78 is 37.7. The second-order valence-electron chi connectivity index (χ2n) is 5.95. The van der Waals surface area contributed by atoms with Gasteiger partial charge in [-0.2, -0.15) is 18.4 Å². The minimum absolute atomic E-state index is 0.383. The van der Waals surface area contributed by atoms with Crippen molar-refractivity contribution in [2.45, 2.75) is 50.6 Å². The molecular formula is C18H20F3N. The molecule has 1 saturated carbocycles. The molecule has 1 aliphatic rings. The number of alkyl halides is 3. The van der Waals surface area contributed by atoms with Crippen LogP contribution in [0.25, 0.3) is 0 Å². The quantitative estimate of drug-likeness (QED) is 0.641. The van der Waals surface area contributed by atoms with Crippen molar-refractivity contribution < 1.29 is 13.2 Å². The predicted molar refractivity (Wildman–Crippen MR) is 80.1 cm³/mol. The molecule has 4 heteroatoms. The van der Waals surface area contributed by atoms with Gasteiger partial charge in [-0.3, -0.25) is 0 Å². The average molecular weight is 307 g/mol. The second-order valence-corrected chi connectivity index (χ2v) is 5.95. The summed E-state index contributed by atoms with van der Waals surface area (Å²) in [7, 11) is 0. The first-order chi connectivity index (χ1) is 10.5. The molecule has 0 unspecified atom stereocenters. The first-order valence-corrected chi connectivity index (χ1v) is 7.72. The third-order valence-corrected chi connectivity index (χ3v) is 4.49. The third kappa shape index (κ3) is 4.62. The summed E-state index contributed by atoms with van der Waals surface area (Å²) >= 11 is 0. The Hall–Kier alpha value is -1.76. The van der Waals surface area contributed by atoms with Crippen LogP contribution in [0, 0.1) is 17.2 Å². The van der Waals surface area contributed by atoms with E-state index in [1.807, 2.05) is 12.1 Å². The van der Waals surface area contributed by atoms with E-state index in [1.165, 1.54) is 18.2 Å². The highest BCUT2D eigenvalue weighted by molar-refractivity contribution is 5.27. The lowest BCUT2D eigenvalue weighted by atomic mass is 9.77. The predicted octanol–water partition coefficient (Wildman–Crippen LogP) is 5.84. The molecule has 0 radical (unpaired) electrons. The van der Waals surface area contributed by atoms with E-state index in [0.717, 1.165) is 44.1 Å². The molecule has 0 aliphatic heterocycles. The molecule has 0 spiro atoms. The Morgan fingerprint density at radius 2 is 1.73 bits per heavy atom. The van der Waals surface area contributed by atoms with Gasteiger partial charge in [-0.25, -0.2) is 0 Å². The lowest BCUT2D eigenvalue weighted by Crippen LogP contribution is -2.13. The van der Waals surface area contributed by atoms with E-state index in [9.17, 15) is 13.2 Å². The molecule has 0 amide bonds. The topological polar surface area (TPSA) is 23.8 Å². The summed E-state index contributed by atoms with van der Waals surface area (Å²) in [4.78, 5) is 0. The van der Waals surface area contributed by atoms with Gasteiger partial charge in [0.1, 0.15) is 0 Å². The number of nitrogens with zero attached hydrogens (tertiary/aromatic N) is 1. The fourth-order valence-electron chi connectivity index (χ4n) is 3.20.